The lowest BCUT2D eigenvalue weighted by Gasteiger charge is -2.09. The molecular weight excluding hydrogens is 200 g/mol. The smallest absolute Gasteiger partial charge is 0.306 e. The molecule has 0 bridgehead atoms. The minimum Gasteiger partial charge on any atom is -0.481 e. The minimum absolute atomic E-state index is 0.249. The van der Waals surface area contributed by atoms with Crippen molar-refractivity contribution in [2.45, 2.75) is 40.0 Å². The molecule has 0 aromatic heterocycles. The molecule has 2 nitrogen and oxygen atoms in total. The summed E-state index contributed by atoms with van der Waals surface area (Å²) < 4.78 is 0. The van der Waals surface area contributed by atoms with Crippen molar-refractivity contribution in [1.82, 2.24) is 0 Å². The molecule has 0 saturated heterocycles. The molecule has 0 amide bonds. The van der Waals surface area contributed by atoms with Crippen molar-refractivity contribution in [2.75, 3.05) is 0 Å². The summed E-state index contributed by atoms with van der Waals surface area (Å²) in [6, 6.07) is 0. The number of carbonyl (C=O) groups is 1. The highest BCUT2D eigenvalue weighted by molar-refractivity contribution is 5.70. The van der Waals surface area contributed by atoms with E-state index in [1.807, 2.05) is 26.8 Å². The molecule has 0 spiro atoms. The standard InChI is InChI=1S/C14H22O2/c1-5-11(3)8-7-9-12(4)10-13(6-2)14(15)16/h5,8-9,13H,1,6-7,10H2,2-4H3,(H,15,16). The third-order valence-electron chi connectivity index (χ3n) is 2.64. The number of carboxylic acids is 1. The Balaban J connectivity index is 4.23. The van der Waals surface area contributed by atoms with Crippen LogP contribution in [0.5, 0.6) is 0 Å². The SMILES string of the molecule is C=CC(C)=CCC=C(C)CC(CC)C(=O)O. The normalized spacial score (nSPS) is 14.7. The summed E-state index contributed by atoms with van der Waals surface area (Å²) in [6.45, 7) is 9.58. The van der Waals surface area contributed by atoms with Crippen molar-refractivity contribution in [3.05, 3.63) is 36.0 Å². The van der Waals surface area contributed by atoms with Gasteiger partial charge in [0.1, 0.15) is 0 Å². The first-order valence-electron chi connectivity index (χ1n) is 5.68. The summed E-state index contributed by atoms with van der Waals surface area (Å²) in [6.07, 6.45) is 8.15. The van der Waals surface area contributed by atoms with Gasteiger partial charge in [0.15, 0.2) is 0 Å². The molecule has 0 aromatic rings. The van der Waals surface area contributed by atoms with Gasteiger partial charge < -0.3 is 5.11 Å². The maximum atomic E-state index is 10.8. The average molecular weight is 222 g/mol. The van der Waals surface area contributed by atoms with Gasteiger partial charge in [-0.15, -0.1) is 0 Å². The molecule has 0 heterocycles. The Morgan fingerprint density at radius 3 is 2.44 bits per heavy atom. The number of hydrogen-bond acceptors (Lipinski definition) is 1. The van der Waals surface area contributed by atoms with Crippen LogP contribution >= 0.6 is 0 Å². The molecule has 16 heavy (non-hydrogen) atoms. The lowest BCUT2D eigenvalue weighted by atomic mass is 9.97. The van der Waals surface area contributed by atoms with Crippen LogP contribution in [0.2, 0.25) is 0 Å². The zero-order chi connectivity index (χ0) is 12.6. The van der Waals surface area contributed by atoms with Crippen molar-refractivity contribution >= 4 is 5.97 Å². The summed E-state index contributed by atoms with van der Waals surface area (Å²) in [7, 11) is 0. The second kappa shape index (κ2) is 7.91. The van der Waals surface area contributed by atoms with Gasteiger partial charge in [-0.1, -0.05) is 42.9 Å². The topological polar surface area (TPSA) is 37.3 Å². The monoisotopic (exact) mass is 222 g/mol. The van der Waals surface area contributed by atoms with Crippen molar-refractivity contribution in [1.29, 1.82) is 0 Å². The fraction of sp³-hybridized carbons (Fsp3) is 0.500. The molecule has 0 aliphatic heterocycles. The highest BCUT2D eigenvalue weighted by atomic mass is 16.4. The first kappa shape index (κ1) is 14.7. The Morgan fingerprint density at radius 2 is 2.00 bits per heavy atom. The third-order valence-corrected chi connectivity index (χ3v) is 2.64. The lowest BCUT2D eigenvalue weighted by molar-refractivity contribution is -0.141. The first-order valence-corrected chi connectivity index (χ1v) is 5.68. The largest absolute Gasteiger partial charge is 0.481 e. The zero-order valence-corrected chi connectivity index (χ0v) is 10.5. The van der Waals surface area contributed by atoms with Gasteiger partial charge in [-0.3, -0.25) is 4.79 Å². The number of carboxylic acid groups (broad SMARTS) is 1. The third kappa shape index (κ3) is 6.23. The van der Waals surface area contributed by atoms with Crippen LogP contribution in [0.4, 0.5) is 0 Å². The number of aliphatic carboxylic acids is 1. The number of allylic oxidation sites excluding steroid dienone is 5. The fourth-order valence-electron chi connectivity index (χ4n) is 1.41. The Bertz CT molecular complexity index is 298. The zero-order valence-electron chi connectivity index (χ0n) is 10.5. The minimum atomic E-state index is -0.701. The van der Waals surface area contributed by atoms with Gasteiger partial charge in [0.2, 0.25) is 0 Å². The van der Waals surface area contributed by atoms with E-state index < -0.39 is 5.97 Å². The summed E-state index contributed by atoms with van der Waals surface area (Å²) in [5, 5.41) is 8.92. The van der Waals surface area contributed by atoms with Gasteiger partial charge in [0, 0.05) is 0 Å². The molecule has 0 saturated carbocycles. The van der Waals surface area contributed by atoms with Crippen molar-refractivity contribution in [2.24, 2.45) is 5.92 Å². The van der Waals surface area contributed by atoms with Crippen LogP contribution in [-0.4, -0.2) is 11.1 Å². The summed E-state index contributed by atoms with van der Waals surface area (Å²) >= 11 is 0. The van der Waals surface area contributed by atoms with E-state index in [2.05, 4.69) is 18.7 Å². The molecule has 1 N–H and O–H groups in total. The second-order valence-electron chi connectivity index (χ2n) is 4.09. The van der Waals surface area contributed by atoms with Crippen LogP contribution in [-0.2, 0) is 4.79 Å². The van der Waals surface area contributed by atoms with Crippen molar-refractivity contribution in [3.63, 3.8) is 0 Å². The van der Waals surface area contributed by atoms with Crippen LogP contribution in [0.1, 0.15) is 40.0 Å². The highest BCUT2D eigenvalue weighted by Gasteiger charge is 2.14. The van der Waals surface area contributed by atoms with Gasteiger partial charge in [0.05, 0.1) is 5.92 Å². The van der Waals surface area contributed by atoms with Crippen molar-refractivity contribution < 1.29 is 9.90 Å². The Kier molecular flexibility index (Phi) is 7.27. The van der Waals surface area contributed by atoms with E-state index in [1.165, 1.54) is 0 Å². The first-order chi connectivity index (χ1) is 7.51. The highest BCUT2D eigenvalue weighted by Crippen LogP contribution is 2.15. The van der Waals surface area contributed by atoms with Crippen LogP contribution in [0.15, 0.2) is 36.0 Å². The molecule has 1 atom stereocenters. The van der Waals surface area contributed by atoms with Crippen LogP contribution in [0, 0.1) is 5.92 Å². The van der Waals surface area contributed by atoms with Crippen LogP contribution in [0.3, 0.4) is 0 Å². The molecule has 0 aliphatic carbocycles. The molecule has 0 rings (SSSR count). The number of rotatable bonds is 7. The molecule has 0 radical (unpaired) electrons. The van der Waals surface area contributed by atoms with Gasteiger partial charge in [-0.05, 0) is 33.1 Å². The Hall–Kier alpha value is -1.31. The predicted molar refractivity (Wildman–Crippen MR) is 68.4 cm³/mol. The van der Waals surface area contributed by atoms with Crippen LogP contribution in [0.25, 0.3) is 0 Å². The second-order valence-corrected chi connectivity index (χ2v) is 4.09. The maximum absolute atomic E-state index is 10.8. The maximum Gasteiger partial charge on any atom is 0.306 e. The van der Waals surface area contributed by atoms with Crippen LogP contribution < -0.4 is 0 Å². The molecule has 2 heteroatoms. The predicted octanol–water partition coefficient (Wildman–Crippen LogP) is 3.96. The molecule has 90 valence electrons. The van der Waals surface area contributed by atoms with E-state index in [0.717, 1.165) is 17.6 Å². The Morgan fingerprint density at radius 1 is 1.38 bits per heavy atom. The summed E-state index contributed by atoms with van der Waals surface area (Å²) in [5.41, 5.74) is 2.29. The average Bonchev–Trinajstić information content (AvgIpc) is 2.25. The summed E-state index contributed by atoms with van der Waals surface area (Å²) in [4.78, 5) is 10.8. The van der Waals surface area contributed by atoms with E-state index in [1.54, 1.807) is 0 Å². The van der Waals surface area contributed by atoms with Gasteiger partial charge in [-0.25, -0.2) is 0 Å². The molecule has 1 unspecified atom stereocenters. The van der Waals surface area contributed by atoms with E-state index in [0.29, 0.717) is 12.8 Å². The molecular formula is C14H22O2. The summed E-state index contributed by atoms with van der Waals surface area (Å²) in [5.74, 6) is -0.950. The quantitative estimate of drug-likeness (QED) is 0.523. The van der Waals surface area contributed by atoms with E-state index in [4.69, 9.17) is 5.11 Å². The van der Waals surface area contributed by atoms with E-state index in [-0.39, 0.29) is 5.92 Å². The van der Waals surface area contributed by atoms with Crippen molar-refractivity contribution in [3.8, 4) is 0 Å². The molecule has 0 fully saturated rings. The number of hydrogen-bond donors (Lipinski definition) is 1. The van der Waals surface area contributed by atoms with E-state index >= 15 is 0 Å². The van der Waals surface area contributed by atoms with Gasteiger partial charge in [0.25, 0.3) is 0 Å². The van der Waals surface area contributed by atoms with E-state index in [9.17, 15) is 4.79 Å². The van der Waals surface area contributed by atoms with Gasteiger partial charge >= 0.3 is 5.97 Å². The Labute approximate surface area is 98.4 Å². The fourth-order valence-corrected chi connectivity index (χ4v) is 1.41. The molecule has 0 aliphatic rings. The van der Waals surface area contributed by atoms with Gasteiger partial charge in [-0.2, -0.15) is 0 Å². The molecule has 0 aromatic carbocycles. The lowest BCUT2D eigenvalue weighted by Crippen LogP contribution is -2.12.